The van der Waals surface area contributed by atoms with Crippen LogP contribution in [0.2, 0.25) is 5.02 Å². The average Bonchev–Trinajstić information content (AvgIpc) is 3.46. The third-order valence-corrected chi connectivity index (χ3v) is 8.96. The van der Waals surface area contributed by atoms with Crippen molar-refractivity contribution >= 4 is 42.2 Å². The highest BCUT2D eigenvalue weighted by Crippen LogP contribution is 2.57. The second kappa shape index (κ2) is 11.6. The van der Waals surface area contributed by atoms with Crippen LogP contribution in [0.1, 0.15) is 45.1 Å². The zero-order valence-electron chi connectivity index (χ0n) is 22.8. The van der Waals surface area contributed by atoms with Crippen LogP contribution in [0.25, 0.3) is 11.0 Å². The Balaban J connectivity index is 1.40. The molecule has 222 valence electrons. The molecule has 5 rings (SSSR count). The van der Waals surface area contributed by atoms with Gasteiger partial charge in [-0.15, -0.1) is 0 Å². The Hall–Kier alpha value is -2.61. The molecule has 0 bridgehead atoms. The largest absolute Gasteiger partial charge is 0.475 e. The smallest absolute Gasteiger partial charge is 0.455 e. The minimum atomic E-state index is -4.08. The summed E-state index contributed by atoms with van der Waals surface area (Å²) < 4.78 is 43.8. The first kappa shape index (κ1) is 29.9. The predicted molar refractivity (Wildman–Crippen MR) is 149 cm³/mol. The molecular formula is C26H33ClN5O8P. The van der Waals surface area contributed by atoms with E-state index in [1.54, 1.807) is 54.9 Å². The summed E-state index contributed by atoms with van der Waals surface area (Å²) in [5.74, 6) is -0.714. The maximum atomic E-state index is 13.5. The molecule has 2 saturated heterocycles. The van der Waals surface area contributed by atoms with Crippen LogP contribution < -0.4 is 11.5 Å². The molecule has 0 radical (unpaired) electrons. The van der Waals surface area contributed by atoms with E-state index < -0.39 is 56.6 Å². The van der Waals surface area contributed by atoms with Gasteiger partial charge in [-0.2, -0.15) is 0 Å². The highest BCUT2D eigenvalue weighted by atomic mass is 35.5. The average molecular weight is 610 g/mol. The maximum absolute atomic E-state index is 13.5. The number of benzene rings is 1. The monoisotopic (exact) mass is 609 g/mol. The van der Waals surface area contributed by atoms with Gasteiger partial charge in [-0.05, 0) is 36.6 Å². The van der Waals surface area contributed by atoms with E-state index in [0.29, 0.717) is 22.5 Å². The summed E-state index contributed by atoms with van der Waals surface area (Å²) in [7, 11) is -4.08. The van der Waals surface area contributed by atoms with E-state index in [4.69, 9.17) is 46.1 Å². The van der Waals surface area contributed by atoms with Crippen LogP contribution in [-0.4, -0.2) is 62.7 Å². The lowest BCUT2D eigenvalue weighted by Gasteiger charge is -2.32. The number of nitrogens with two attached hydrogens (primary N) is 2. The number of hydrogen-bond donors (Lipinski definition) is 3. The fourth-order valence-corrected chi connectivity index (χ4v) is 6.49. The summed E-state index contributed by atoms with van der Waals surface area (Å²) >= 11 is 6.11. The van der Waals surface area contributed by atoms with Crippen LogP contribution in [0.5, 0.6) is 0 Å². The number of esters is 1. The zero-order valence-corrected chi connectivity index (χ0v) is 24.4. The van der Waals surface area contributed by atoms with Gasteiger partial charge in [-0.3, -0.25) is 18.4 Å². The van der Waals surface area contributed by atoms with Crippen LogP contribution in [0.15, 0.2) is 42.9 Å². The third kappa shape index (κ3) is 5.99. The molecule has 15 heteroatoms. The molecule has 0 saturated carbocycles. The number of halogens is 1. The molecule has 13 nitrogen and oxygen atoms in total. The van der Waals surface area contributed by atoms with Gasteiger partial charge in [0.25, 0.3) is 0 Å². The molecule has 5 N–H and O–H groups in total. The van der Waals surface area contributed by atoms with Crippen LogP contribution in [0, 0.1) is 5.92 Å². The van der Waals surface area contributed by atoms with Crippen molar-refractivity contribution < 1.29 is 37.5 Å². The zero-order chi connectivity index (χ0) is 29.5. The quantitative estimate of drug-likeness (QED) is 0.250. The predicted octanol–water partition coefficient (Wildman–Crippen LogP) is 3.51. The van der Waals surface area contributed by atoms with Gasteiger partial charge in [0.2, 0.25) is 0 Å². The van der Waals surface area contributed by atoms with Gasteiger partial charge >= 0.3 is 13.8 Å². The topological polar surface area (TPSA) is 183 Å². The molecule has 2 aromatic heterocycles. The molecule has 41 heavy (non-hydrogen) atoms. The summed E-state index contributed by atoms with van der Waals surface area (Å²) in [6.45, 7) is 4.70. The van der Waals surface area contributed by atoms with Crippen LogP contribution in [0.3, 0.4) is 0 Å². The van der Waals surface area contributed by atoms with Crippen molar-refractivity contribution in [2.75, 3.05) is 18.9 Å². The molecular weight excluding hydrogens is 577 g/mol. The molecule has 2 aliphatic heterocycles. The second-order valence-electron chi connectivity index (χ2n) is 10.6. The van der Waals surface area contributed by atoms with Crippen molar-refractivity contribution in [3.63, 3.8) is 0 Å². The standard InChI is InChI=1S/C26H33ClN5O8P/c1-14(2)20(28)24(33)39-21-19(12-37-41(35)36-10-8-18(40-41)15-5-4-6-16(27)11-15)38-25(26(21,3)34)32-9-7-17-22(29)30-13-31-23(17)32/h4-7,9,11,13-14,18-21,25,34H,8,10,12,28H2,1-3H3,(H2,29,30,31)/t18-,19+,20-,21+,25+,26+,41+/m0/s1. The van der Waals surface area contributed by atoms with Crippen molar-refractivity contribution in [2.45, 2.75) is 63.4 Å². The number of carbonyl (C=O) groups is 1. The molecule has 1 aromatic carbocycles. The van der Waals surface area contributed by atoms with Crippen LogP contribution in [0.4, 0.5) is 5.82 Å². The number of anilines is 1. The Morgan fingerprint density at radius 1 is 1.34 bits per heavy atom. The minimum absolute atomic E-state index is 0.110. The Bertz CT molecular complexity index is 1470. The number of fused-ring (bicyclic) bond motifs is 1. The van der Waals surface area contributed by atoms with Gasteiger partial charge in [0.15, 0.2) is 12.3 Å². The van der Waals surface area contributed by atoms with E-state index in [-0.39, 0.29) is 18.3 Å². The number of nitrogens with zero attached hydrogens (tertiary/aromatic N) is 3. The van der Waals surface area contributed by atoms with Crippen molar-refractivity contribution in [3.8, 4) is 0 Å². The molecule has 4 heterocycles. The molecule has 0 unspecified atom stereocenters. The highest BCUT2D eigenvalue weighted by molar-refractivity contribution is 7.48. The van der Waals surface area contributed by atoms with Crippen molar-refractivity contribution in [1.82, 2.24) is 14.5 Å². The summed E-state index contributed by atoms with van der Waals surface area (Å²) in [5, 5.41) is 12.8. The first-order valence-electron chi connectivity index (χ1n) is 13.1. The Morgan fingerprint density at radius 2 is 2.12 bits per heavy atom. The SMILES string of the molecule is CC(C)[C@H](N)C(=O)O[C@@H]1[C@@H](CO[P@@]2(=O)OCC[C@@H](c3cccc(Cl)c3)O2)O[C@@H](n2ccc3c(N)ncnc32)[C@]1(C)O. The van der Waals surface area contributed by atoms with Crippen molar-refractivity contribution in [3.05, 3.63) is 53.4 Å². The Kier molecular flexibility index (Phi) is 8.44. The minimum Gasteiger partial charge on any atom is -0.455 e. The normalized spacial score (nSPS) is 31.0. The van der Waals surface area contributed by atoms with Gasteiger partial charge in [-0.1, -0.05) is 37.6 Å². The first-order chi connectivity index (χ1) is 19.4. The van der Waals surface area contributed by atoms with E-state index >= 15 is 0 Å². The van der Waals surface area contributed by atoms with Gasteiger partial charge in [0.05, 0.1) is 24.7 Å². The molecule has 2 aliphatic rings. The van der Waals surface area contributed by atoms with Gasteiger partial charge in [0, 0.05) is 17.6 Å². The first-order valence-corrected chi connectivity index (χ1v) is 15.0. The van der Waals surface area contributed by atoms with Crippen LogP contribution >= 0.6 is 19.4 Å². The molecule has 0 spiro atoms. The number of nitrogen functional groups attached to an aromatic ring is 1. The van der Waals surface area contributed by atoms with Crippen LogP contribution in [-0.2, 0) is 32.4 Å². The molecule has 0 amide bonds. The maximum Gasteiger partial charge on any atom is 0.475 e. The van der Waals surface area contributed by atoms with Gasteiger partial charge in [-0.25, -0.2) is 14.5 Å². The number of aliphatic hydroxyl groups is 1. The van der Waals surface area contributed by atoms with E-state index in [0.717, 1.165) is 5.56 Å². The molecule has 2 fully saturated rings. The van der Waals surface area contributed by atoms with Crippen molar-refractivity contribution in [2.24, 2.45) is 11.7 Å². The van der Waals surface area contributed by atoms with Gasteiger partial charge in [0.1, 0.15) is 35.5 Å². The number of phosphoric ester groups is 1. The Labute approximate surface area is 241 Å². The summed E-state index contributed by atoms with van der Waals surface area (Å²) in [5.41, 5.74) is 11.3. The van der Waals surface area contributed by atoms with E-state index in [9.17, 15) is 14.5 Å². The number of ether oxygens (including phenoxy) is 2. The van der Waals surface area contributed by atoms with E-state index in [1.165, 1.54) is 13.3 Å². The lowest BCUT2D eigenvalue weighted by molar-refractivity contribution is -0.166. The summed E-state index contributed by atoms with van der Waals surface area (Å²) in [4.78, 5) is 21.2. The number of carbonyl (C=O) groups excluding carboxylic acids is 1. The number of hydrogen-bond acceptors (Lipinski definition) is 12. The fourth-order valence-electron chi connectivity index (χ4n) is 4.89. The number of phosphoric acid groups is 1. The van der Waals surface area contributed by atoms with Gasteiger partial charge < -0.3 is 30.6 Å². The molecule has 0 aliphatic carbocycles. The van der Waals surface area contributed by atoms with E-state index in [1.807, 2.05) is 0 Å². The summed E-state index contributed by atoms with van der Waals surface area (Å²) in [6.07, 6.45) is -0.712. The summed E-state index contributed by atoms with van der Waals surface area (Å²) in [6, 6.07) is 7.74. The lowest BCUT2D eigenvalue weighted by Crippen LogP contribution is -2.50. The Morgan fingerprint density at radius 3 is 2.85 bits per heavy atom. The number of aromatic nitrogens is 3. The highest BCUT2D eigenvalue weighted by Gasteiger charge is 2.57. The third-order valence-electron chi connectivity index (χ3n) is 7.25. The molecule has 3 aromatic rings. The van der Waals surface area contributed by atoms with Crippen molar-refractivity contribution in [1.29, 1.82) is 0 Å². The molecule has 7 atom stereocenters. The van der Waals surface area contributed by atoms with E-state index in [2.05, 4.69) is 9.97 Å². The second-order valence-corrected chi connectivity index (χ2v) is 12.7. The number of rotatable bonds is 8. The fraction of sp³-hybridized carbons (Fsp3) is 0.500. The lowest BCUT2D eigenvalue weighted by atomic mass is 9.95.